The van der Waals surface area contributed by atoms with Gasteiger partial charge in [-0.25, -0.2) is 9.59 Å². The zero-order valence-corrected chi connectivity index (χ0v) is 11.3. The third kappa shape index (κ3) is 2.75. The predicted octanol–water partition coefficient (Wildman–Crippen LogP) is 1.90. The first kappa shape index (κ1) is 13.1. The van der Waals surface area contributed by atoms with Crippen molar-refractivity contribution >= 4 is 17.7 Å². The zero-order chi connectivity index (χ0) is 13.1. The highest BCUT2D eigenvalue weighted by atomic mass is 32.2. The quantitative estimate of drug-likeness (QED) is 0.669. The minimum Gasteiger partial charge on any atom is -0.465 e. The molecule has 1 fully saturated rings. The van der Waals surface area contributed by atoms with Crippen LogP contribution in [0.4, 0.5) is 0 Å². The SMILES string of the molecule is COC(=O)c1c(SC2CCCC2)nc(=O)[nH]c1C. The number of nitrogens with one attached hydrogen (secondary N) is 1. The average Bonchev–Trinajstić information content (AvgIpc) is 2.80. The van der Waals surface area contributed by atoms with E-state index in [1.165, 1.54) is 31.7 Å². The molecule has 0 bridgehead atoms. The molecule has 0 saturated heterocycles. The van der Waals surface area contributed by atoms with Crippen LogP contribution in [-0.2, 0) is 4.74 Å². The summed E-state index contributed by atoms with van der Waals surface area (Å²) in [6, 6.07) is 0. The summed E-state index contributed by atoms with van der Waals surface area (Å²) in [4.78, 5) is 29.6. The lowest BCUT2D eigenvalue weighted by Gasteiger charge is -2.12. The largest absolute Gasteiger partial charge is 0.465 e. The van der Waals surface area contributed by atoms with E-state index in [1.807, 2.05) is 0 Å². The maximum Gasteiger partial charge on any atom is 0.346 e. The van der Waals surface area contributed by atoms with E-state index in [2.05, 4.69) is 9.97 Å². The molecule has 0 unspecified atom stereocenters. The number of carbonyl (C=O) groups excluding carboxylic acids is 1. The van der Waals surface area contributed by atoms with Gasteiger partial charge in [0.1, 0.15) is 10.6 Å². The number of H-pyrrole nitrogens is 1. The fourth-order valence-corrected chi connectivity index (χ4v) is 3.53. The minimum absolute atomic E-state index is 0.383. The van der Waals surface area contributed by atoms with Crippen molar-refractivity contribution in [2.75, 3.05) is 7.11 Å². The van der Waals surface area contributed by atoms with Crippen molar-refractivity contribution < 1.29 is 9.53 Å². The number of hydrogen-bond acceptors (Lipinski definition) is 5. The number of aromatic nitrogens is 2. The Hall–Kier alpha value is -1.30. The molecule has 1 aromatic heterocycles. The summed E-state index contributed by atoms with van der Waals surface area (Å²) in [7, 11) is 1.33. The highest BCUT2D eigenvalue weighted by Crippen LogP contribution is 2.35. The van der Waals surface area contributed by atoms with Crippen LogP contribution in [0.3, 0.4) is 0 Å². The van der Waals surface area contributed by atoms with Gasteiger partial charge in [-0.15, -0.1) is 11.8 Å². The molecule has 6 heteroatoms. The van der Waals surface area contributed by atoms with Crippen molar-refractivity contribution in [2.45, 2.75) is 42.9 Å². The molecule has 18 heavy (non-hydrogen) atoms. The maximum atomic E-state index is 11.7. The second-order valence-corrected chi connectivity index (χ2v) is 5.65. The Morgan fingerprint density at radius 2 is 2.11 bits per heavy atom. The summed E-state index contributed by atoms with van der Waals surface area (Å²) in [5, 5.41) is 0.942. The summed E-state index contributed by atoms with van der Waals surface area (Å²) < 4.78 is 4.75. The van der Waals surface area contributed by atoms with Crippen LogP contribution < -0.4 is 5.69 Å². The fraction of sp³-hybridized carbons (Fsp3) is 0.583. The normalized spacial score (nSPS) is 15.9. The Labute approximate surface area is 109 Å². The molecule has 1 saturated carbocycles. The molecule has 0 amide bonds. The van der Waals surface area contributed by atoms with Crippen molar-refractivity contribution in [1.82, 2.24) is 9.97 Å². The highest BCUT2D eigenvalue weighted by molar-refractivity contribution is 7.99. The lowest BCUT2D eigenvalue weighted by molar-refractivity contribution is 0.0594. The van der Waals surface area contributed by atoms with Gasteiger partial charge in [0, 0.05) is 10.9 Å². The summed E-state index contributed by atoms with van der Waals surface area (Å²) in [5.41, 5.74) is 0.483. The molecule has 0 atom stereocenters. The molecule has 2 rings (SSSR count). The lowest BCUT2D eigenvalue weighted by atomic mass is 10.2. The molecular weight excluding hydrogens is 252 g/mol. The topological polar surface area (TPSA) is 72.0 Å². The minimum atomic E-state index is -0.447. The Morgan fingerprint density at radius 3 is 2.72 bits per heavy atom. The van der Waals surface area contributed by atoms with Crippen LogP contribution in [0.15, 0.2) is 9.82 Å². The Kier molecular flexibility index (Phi) is 4.06. The summed E-state index contributed by atoms with van der Waals surface area (Å²) in [6.07, 6.45) is 4.62. The third-order valence-corrected chi connectivity index (χ3v) is 4.38. The van der Waals surface area contributed by atoms with Crippen LogP contribution in [0.2, 0.25) is 0 Å². The number of methoxy groups -OCH3 is 1. The molecule has 1 aliphatic rings. The summed E-state index contributed by atoms with van der Waals surface area (Å²) in [6.45, 7) is 1.69. The van der Waals surface area contributed by atoms with Crippen molar-refractivity contribution in [3.63, 3.8) is 0 Å². The monoisotopic (exact) mass is 268 g/mol. The summed E-state index contributed by atoms with van der Waals surface area (Å²) in [5.74, 6) is -0.447. The molecule has 1 aliphatic carbocycles. The predicted molar refractivity (Wildman–Crippen MR) is 69.0 cm³/mol. The van der Waals surface area contributed by atoms with E-state index in [1.54, 1.807) is 6.92 Å². The molecule has 0 spiro atoms. The van der Waals surface area contributed by atoms with Crippen LogP contribution in [0, 0.1) is 6.92 Å². The van der Waals surface area contributed by atoms with E-state index in [-0.39, 0.29) is 0 Å². The van der Waals surface area contributed by atoms with Crippen LogP contribution in [0.25, 0.3) is 0 Å². The third-order valence-electron chi connectivity index (χ3n) is 3.06. The number of carbonyl (C=O) groups is 1. The highest BCUT2D eigenvalue weighted by Gasteiger charge is 2.23. The van der Waals surface area contributed by atoms with Gasteiger partial charge in [0.15, 0.2) is 0 Å². The van der Waals surface area contributed by atoms with Gasteiger partial charge in [-0.2, -0.15) is 4.98 Å². The second-order valence-electron chi connectivity index (χ2n) is 4.36. The van der Waals surface area contributed by atoms with Gasteiger partial charge >= 0.3 is 11.7 Å². The van der Waals surface area contributed by atoms with Gasteiger partial charge in [-0.1, -0.05) is 12.8 Å². The number of thioether (sulfide) groups is 1. The van der Waals surface area contributed by atoms with E-state index in [4.69, 9.17) is 4.74 Å². The van der Waals surface area contributed by atoms with Crippen molar-refractivity contribution in [3.05, 3.63) is 21.7 Å². The van der Waals surface area contributed by atoms with Gasteiger partial charge in [-0.05, 0) is 19.8 Å². The lowest BCUT2D eigenvalue weighted by Crippen LogP contribution is -2.19. The van der Waals surface area contributed by atoms with E-state index >= 15 is 0 Å². The average molecular weight is 268 g/mol. The first-order valence-corrected chi connectivity index (χ1v) is 6.85. The molecule has 0 radical (unpaired) electrons. The molecule has 98 valence electrons. The maximum absolute atomic E-state index is 11.7. The number of rotatable bonds is 3. The van der Waals surface area contributed by atoms with Gasteiger partial charge in [0.05, 0.1) is 7.11 Å². The second kappa shape index (κ2) is 5.56. The Morgan fingerprint density at radius 1 is 1.44 bits per heavy atom. The zero-order valence-electron chi connectivity index (χ0n) is 10.5. The number of nitrogens with zero attached hydrogens (tertiary/aromatic N) is 1. The standard InChI is InChI=1S/C12H16N2O3S/c1-7-9(11(15)17-2)10(14-12(16)13-7)18-8-5-3-4-6-8/h8H,3-6H2,1-2H3,(H,13,14,16). The summed E-state index contributed by atoms with van der Waals surface area (Å²) >= 11 is 1.52. The van der Waals surface area contributed by atoms with Crippen molar-refractivity contribution in [3.8, 4) is 0 Å². The van der Waals surface area contributed by atoms with Gasteiger partial charge < -0.3 is 9.72 Å². The van der Waals surface area contributed by atoms with E-state index in [0.717, 1.165) is 12.8 Å². The number of aryl methyl sites for hydroxylation is 1. The van der Waals surface area contributed by atoms with Gasteiger partial charge in [0.2, 0.25) is 0 Å². The van der Waals surface area contributed by atoms with Crippen molar-refractivity contribution in [1.29, 1.82) is 0 Å². The number of aromatic amines is 1. The van der Waals surface area contributed by atoms with Crippen LogP contribution in [0.5, 0.6) is 0 Å². The first-order valence-electron chi connectivity index (χ1n) is 5.97. The molecule has 0 aromatic carbocycles. The van der Waals surface area contributed by atoms with Crippen LogP contribution in [0.1, 0.15) is 41.7 Å². The number of esters is 1. The van der Waals surface area contributed by atoms with Gasteiger partial charge in [-0.3, -0.25) is 0 Å². The van der Waals surface area contributed by atoms with E-state index in [0.29, 0.717) is 21.5 Å². The first-order chi connectivity index (χ1) is 8.61. The molecule has 5 nitrogen and oxygen atoms in total. The molecule has 1 N–H and O–H groups in total. The fourth-order valence-electron chi connectivity index (χ4n) is 2.15. The molecule has 1 aromatic rings. The van der Waals surface area contributed by atoms with Crippen LogP contribution in [-0.4, -0.2) is 28.3 Å². The molecule has 1 heterocycles. The number of hydrogen-bond donors (Lipinski definition) is 1. The molecule has 0 aliphatic heterocycles. The number of ether oxygens (including phenoxy) is 1. The Bertz CT molecular complexity index is 507. The van der Waals surface area contributed by atoms with E-state index < -0.39 is 11.7 Å². The van der Waals surface area contributed by atoms with Crippen molar-refractivity contribution in [2.24, 2.45) is 0 Å². The Balaban J connectivity index is 2.36. The van der Waals surface area contributed by atoms with Gasteiger partial charge in [0.25, 0.3) is 0 Å². The smallest absolute Gasteiger partial charge is 0.346 e. The van der Waals surface area contributed by atoms with Crippen LogP contribution >= 0.6 is 11.8 Å². The van der Waals surface area contributed by atoms with E-state index in [9.17, 15) is 9.59 Å². The molecular formula is C12H16N2O3S.